The van der Waals surface area contributed by atoms with Crippen LogP contribution in [0.4, 0.5) is 0 Å². The second-order valence-corrected chi connectivity index (χ2v) is 11.3. The van der Waals surface area contributed by atoms with Crippen molar-refractivity contribution in [1.82, 2.24) is 14.5 Å². The fraction of sp³-hybridized carbons (Fsp3) is 0.400. The number of carbonyl (C=O) groups is 3. The predicted octanol–water partition coefficient (Wildman–Crippen LogP) is 4.25. The van der Waals surface area contributed by atoms with E-state index in [4.69, 9.17) is 23.2 Å². The summed E-state index contributed by atoms with van der Waals surface area (Å²) in [6.45, 7) is 5.27. The van der Waals surface area contributed by atoms with Crippen LogP contribution in [0.1, 0.15) is 56.0 Å². The van der Waals surface area contributed by atoms with Gasteiger partial charge in [0.2, 0.25) is 11.8 Å². The van der Waals surface area contributed by atoms with Gasteiger partial charge in [0.15, 0.2) is 0 Å². The van der Waals surface area contributed by atoms with Crippen molar-refractivity contribution >= 4 is 50.9 Å². The Morgan fingerprint density at radius 3 is 2.31 bits per heavy atom. The van der Waals surface area contributed by atoms with E-state index >= 15 is 0 Å². The minimum absolute atomic E-state index is 0.00117. The largest absolute Gasteiger partial charge is 0.352 e. The van der Waals surface area contributed by atoms with Gasteiger partial charge in [-0.1, -0.05) is 48.3 Å². The molecule has 2 aromatic rings. The molecule has 0 aromatic heterocycles. The van der Waals surface area contributed by atoms with Gasteiger partial charge in [0.25, 0.3) is 15.9 Å². The van der Waals surface area contributed by atoms with Crippen LogP contribution in [-0.4, -0.2) is 54.0 Å². The summed E-state index contributed by atoms with van der Waals surface area (Å²) in [5.74, 6) is -1.33. The Kier molecular flexibility index (Phi) is 9.03. The standard InChI is InChI=1S/C25H29Cl2N3O5S/c1-4-16(2)28-24(32)17(3)29(15-19-20(26)10-7-11-21(19)27)23(31)13-8-14-30-25(33)18-9-5-6-12-22(18)36(30,34)35/h5-7,9-12,16-17H,4,8,13-15H2,1-3H3,(H,28,32)/t16-,17+/m0/s1. The summed E-state index contributed by atoms with van der Waals surface area (Å²) in [6, 6.07) is 10.1. The van der Waals surface area contributed by atoms with Crippen LogP contribution in [0, 0.1) is 0 Å². The number of benzene rings is 2. The van der Waals surface area contributed by atoms with Crippen molar-refractivity contribution in [3.8, 4) is 0 Å². The summed E-state index contributed by atoms with van der Waals surface area (Å²) in [5.41, 5.74) is 0.624. The molecule has 1 N–H and O–H groups in total. The van der Waals surface area contributed by atoms with Gasteiger partial charge in [0.1, 0.15) is 10.9 Å². The quantitative estimate of drug-likeness (QED) is 0.473. The number of hydrogen-bond donors (Lipinski definition) is 1. The van der Waals surface area contributed by atoms with E-state index < -0.39 is 22.0 Å². The third-order valence-electron chi connectivity index (χ3n) is 6.22. The third kappa shape index (κ3) is 5.85. The van der Waals surface area contributed by atoms with Gasteiger partial charge in [-0.25, -0.2) is 12.7 Å². The first-order chi connectivity index (χ1) is 17.0. The van der Waals surface area contributed by atoms with Crippen LogP contribution in [0.3, 0.4) is 0 Å². The fourth-order valence-electron chi connectivity index (χ4n) is 3.87. The molecular formula is C25H29Cl2N3O5S. The van der Waals surface area contributed by atoms with Crippen LogP contribution in [0.2, 0.25) is 10.0 Å². The molecule has 0 bridgehead atoms. The zero-order chi connectivity index (χ0) is 26.6. The molecule has 1 aliphatic rings. The minimum atomic E-state index is -3.96. The number of nitrogens with zero attached hydrogens (tertiary/aromatic N) is 2. The summed E-state index contributed by atoms with van der Waals surface area (Å²) in [4.78, 5) is 40.1. The van der Waals surface area contributed by atoms with Gasteiger partial charge < -0.3 is 10.2 Å². The normalized spacial score (nSPS) is 15.8. The van der Waals surface area contributed by atoms with Crippen molar-refractivity contribution in [2.45, 2.75) is 63.6 Å². The molecule has 1 aliphatic heterocycles. The smallest absolute Gasteiger partial charge is 0.269 e. The summed E-state index contributed by atoms with van der Waals surface area (Å²) in [5, 5.41) is 3.60. The molecule has 3 amide bonds. The Morgan fingerprint density at radius 2 is 1.69 bits per heavy atom. The van der Waals surface area contributed by atoms with Crippen LogP contribution in [0.25, 0.3) is 0 Å². The van der Waals surface area contributed by atoms with E-state index in [1.807, 2.05) is 13.8 Å². The highest BCUT2D eigenvalue weighted by Gasteiger charge is 2.40. The average molecular weight is 554 g/mol. The molecule has 36 heavy (non-hydrogen) atoms. The maximum atomic E-state index is 13.3. The predicted molar refractivity (Wildman–Crippen MR) is 138 cm³/mol. The van der Waals surface area contributed by atoms with Crippen LogP contribution in [-0.2, 0) is 26.2 Å². The number of carbonyl (C=O) groups excluding carboxylic acids is 3. The molecule has 194 valence electrons. The molecule has 0 saturated carbocycles. The van der Waals surface area contributed by atoms with Crippen LogP contribution in [0.5, 0.6) is 0 Å². The van der Waals surface area contributed by atoms with Crippen molar-refractivity contribution in [3.05, 3.63) is 63.6 Å². The van der Waals surface area contributed by atoms with Gasteiger partial charge in [-0.15, -0.1) is 0 Å². The molecule has 0 spiro atoms. The van der Waals surface area contributed by atoms with E-state index in [0.29, 0.717) is 15.6 Å². The maximum Gasteiger partial charge on any atom is 0.269 e. The van der Waals surface area contributed by atoms with E-state index in [1.54, 1.807) is 37.3 Å². The molecule has 0 aliphatic carbocycles. The van der Waals surface area contributed by atoms with E-state index in [1.165, 1.54) is 17.0 Å². The monoisotopic (exact) mass is 553 g/mol. The Balaban J connectivity index is 1.76. The second-order valence-electron chi connectivity index (χ2n) is 8.70. The molecule has 3 rings (SSSR count). The average Bonchev–Trinajstić information content (AvgIpc) is 3.03. The molecule has 11 heteroatoms. The zero-order valence-corrected chi connectivity index (χ0v) is 22.7. The number of sulfonamides is 1. The van der Waals surface area contributed by atoms with Gasteiger partial charge in [0.05, 0.1) is 5.56 Å². The van der Waals surface area contributed by atoms with Gasteiger partial charge in [-0.2, -0.15) is 0 Å². The van der Waals surface area contributed by atoms with E-state index in [2.05, 4.69) is 5.32 Å². The summed E-state index contributed by atoms with van der Waals surface area (Å²) >= 11 is 12.6. The molecule has 8 nitrogen and oxygen atoms in total. The lowest BCUT2D eigenvalue weighted by molar-refractivity contribution is -0.141. The third-order valence-corrected chi connectivity index (χ3v) is 8.77. The summed E-state index contributed by atoms with van der Waals surface area (Å²) in [6.07, 6.45) is 0.729. The highest BCUT2D eigenvalue weighted by atomic mass is 35.5. The van der Waals surface area contributed by atoms with Gasteiger partial charge in [0, 0.05) is 41.2 Å². The van der Waals surface area contributed by atoms with E-state index in [0.717, 1.165) is 10.7 Å². The number of amides is 3. The lowest BCUT2D eigenvalue weighted by Crippen LogP contribution is -2.49. The topological polar surface area (TPSA) is 104 Å². The fourth-order valence-corrected chi connectivity index (χ4v) is 6.00. The second kappa shape index (κ2) is 11.6. The van der Waals surface area contributed by atoms with Crippen molar-refractivity contribution in [3.63, 3.8) is 0 Å². The first-order valence-corrected chi connectivity index (χ1v) is 13.9. The lowest BCUT2D eigenvalue weighted by Gasteiger charge is -2.30. The molecule has 0 saturated heterocycles. The van der Waals surface area contributed by atoms with Gasteiger partial charge in [-0.3, -0.25) is 14.4 Å². The Morgan fingerprint density at radius 1 is 1.06 bits per heavy atom. The van der Waals surface area contributed by atoms with E-state index in [-0.39, 0.29) is 54.2 Å². The van der Waals surface area contributed by atoms with E-state index in [9.17, 15) is 22.8 Å². The number of halogens is 2. The molecule has 0 radical (unpaired) electrons. The minimum Gasteiger partial charge on any atom is -0.352 e. The van der Waals surface area contributed by atoms with Crippen molar-refractivity contribution in [2.75, 3.05) is 6.54 Å². The number of rotatable bonds is 10. The molecular weight excluding hydrogens is 525 g/mol. The zero-order valence-electron chi connectivity index (χ0n) is 20.3. The van der Waals surface area contributed by atoms with Gasteiger partial charge >= 0.3 is 0 Å². The van der Waals surface area contributed by atoms with Crippen LogP contribution < -0.4 is 5.32 Å². The number of hydrogen-bond acceptors (Lipinski definition) is 5. The molecule has 0 fully saturated rings. The molecule has 2 aromatic carbocycles. The molecule has 0 unspecified atom stereocenters. The first-order valence-electron chi connectivity index (χ1n) is 11.7. The number of fused-ring (bicyclic) bond motifs is 1. The summed E-state index contributed by atoms with van der Waals surface area (Å²) < 4.78 is 26.3. The molecule has 1 heterocycles. The highest BCUT2D eigenvalue weighted by Crippen LogP contribution is 2.30. The first kappa shape index (κ1) is 28.0. The van der Waals surface area contributed by atoms with Crippen molar-refractivity contribution in [2.24, 2.45) is 0 Å². The Bertz CT molecular complexity index is 1250. The van der Waals surface area contributed by atoms with Crippen LogP contribution >= 0.6 is 23.2 Å². The molecule has 2 atom stereocenters. The highest BCUT2D eigenvalue weighted by molar-refractivity contribution is 7.90. The maximum absolute atomic E-state index is 13.3. The van der Waals surface area contributed by atoms with Gasteiger partial charge in [-0.05, 0) is 51.0 Å². The summed E-state index contributed by atoms with van der Waals surface area (Å²) in [7, 11) is -3.96. The SMILES string of the molecule is CC[C@H](C)NC(=O)[C@@H](C)N(Cc1c(Cl)cccc1Cl)C(=O)CCCN1C(=O)c2ccccc2S1(=O)=O. The van der Waals surface area contributed by atoms with Crippen LogP contribution in [0.15, 0.2) is 47.4 Å². The lowest BCUT2D eigenvalue weighted by atomic mass is 10.1. The van der Waals surface area contributed by atoms with Crippen molar-refractivity contribution < 1.29 is 22.8 Å². The Labute approximate surface area is 221 Å². The number of nitrogens with one attached hydrogen (secondary N) is 1. The van der Waals surface area contributed by atoms with Crippen molar-refractivity contribution in [1.29, 1.82) is 0 Å². The Hall–Kier alpha value is -2.62.